The molecule has 0 spiro atoms. The molecule has 126 valence electrons. The van der Waals surface area contributed by atoms with Gasteiger partial charge in [0.2, 0.25) is 11.4 Å². The molecule has 4 rings (SSSR count). The third kappa shape index (κ3) is 2.51. The molecular formula is C22H23N2O+. The second-order valence-electron chi connectivity index (χ2n) is 6.46. The van der Waals surface area contributed by atoms with E-state index in [0.29, 0.717) is 5.71 Å². The Kier molecular flexibility index (Phi) is 3.03. The van der Waals surface area contributed by atoms with Crippen molar-refractivity contribution in [3.8, 4) is 11.3 Å². The highest BCUT2D eigenvalue weighted by Crippen LogP contribution is 2.36. The molecule has 0 aliphatic carbocycles. The molecule has 0 saturated heterocycles. The Morgan fingerprint density at radius 2 is 1.92 bits per heavy atom. The minimum atomic E-state index is -1.98. The van der Waals surface area contributed by atoms with Crippen LogP contribution in [0.15, 0.2) is 47.0 Å². The monoisotopic (exact) mass is 334 g/mol. The lowest BCUT2D eigenvalue weighted by Gasteiger charge is -2.06. The molecule has 0 aliphatic rings. The molecule has 0 N–H and O–H groups in total. The third-order valence-electron chi connectivity index (χ3n) is 4.79. The van der Waals surface area contributed by atoms with E-state index in [4.69, 9.17) is 8.53 Å². The molecule has 0 unspecified atom stereocenters. The zero-order chi connectivity index (χ0) is 20.1. The average Bonchev–Trinajstić information content (AvgIpc) is 2.98. The van der Waals surface area contributed by atoms with E-state index in [-0.39, 0.29) is 6.42 Å². The van der Waals surface area contributed by atoms with Crippen LogP contribution in [0.2, 0.25) is 0 Å². The van der Waals surface area contributed by atoms with Gasteiger partial charge in [0.1, 0.15) is 7.05 Å². The van der Waals surface area contributed by atoms with Crippen LogP contribution in [0.4, 0.5) is 0 Å². The predicted molar refractivity (Wildman–Crippen MR) is 102 cm³/mol. The molecular weight excluding hydrogens is 308 g/mol. The lowest BCUT2D eigenvalue weighted by molar-refractivity contribution is -0.660. The van der Waals surface area contributed by atoms with Crippen LogP contribution in [-0.2, 0) is 19.9 Å². The maximum absolute atomic E-state index is 7.50. The number of fused-ring (bicyclic) bond motifs is 3. The van der Waals surface area contributed by atoms with Crippen molar-refractivity contribution in [2.24, 2.45) is 7.05 Å². The van der Waals surface area contributed by atoms with Gasteiger partial charge < -0.3 is 4.42 Å². The first-order chi connectivity index (χ1) is 13.3. The summed E-state index contributed by atoms with van der Waals surface area (Å²) in [5, 5.41) is 2.05. The topological polar surface area (TPSA) is 29.9 Å². The van der Waals surface area contributed by atoms with Crippen molar-refractivity contribution in [3.05, 3.63) is 59.4 Å². The third-order valence-corrected chi connectivity index (χ3v) is 4.79. The largest absolute Gasteiger partial charge is 0.437 e. The molecule has 3 heteroatoms. The van der Waals surface area contributed by atoms with Gasteiger partial charge in [-0.25, -0.2) is 9.55 Å². The fourth-order valence-electron chi connectivity index (χ4n) is 3.40. The van der Waals surface area contributed by atoms with Gasteiger partial charge in [-0.15, -0.1) is 0 Å². The number of aryl methyl sites for hydroxylation is 4. The van der Waals surface area contributed by atoms with Gasteiger partial charge in [0, 0.05) is 32.2 Å². The van der Waals surface area contributed by atoms with E-state index in [2.05, 4.69) is 37.0 Å². The van der Waals surface area contributed by atoms with E-state index in [9.17, 15) is 0 Å². The summed E-state index contributed by atoms with van der Waals surface area (Å²) in [6.07, 6.45) is 2.80. The Morgan fingerprint density at radius 3 is 2.68 bits per heavy atom. The summed E-state index contributed by atoms with van der Waals surface area (Å²) in [5.74, 6) is 0. The molecule has 3 heterocycles. The van der Waals surface area contributed by atoms with E-state index in [1.54, 1.807) is 0 Å². The summed E-state index contributed by atoms with van der Waals surface area (Å²) >= 11 is 0. The Hall–Kier alpha value is -2.68. The Labute approximate surface area is 152 Å². The second kappa shape index (κ2) is 5.99. The maximum atomic E-state index is 7.50. The second-order valence-corrected chi connectivity index (χ2v) is 6.46. The number of hydrogen-bond donors (Lipinski definition) is 0. The lowest BCUT2D eigenvalue weighted by atomic mass is 10.0. The quantitative estimate of drug-likeness (QED) is 0.499. The van der Waals surface area contributed by atoms with Gasteiger partial charge in [-0.2, -0.15) is 0 Å². The summed E-state index contributed by atoms with van der Waals surface area (Å²) in [6.45, 7) is 2.16. The zero-order valence-corrected chi connectivity index (χ0v) is 14.8. The van der Waals surface area contributed by atoms with E-state index < -0.39 is 6.85 Å². The van der Waals surface area contributed by atoms with Crippen molar-refractivity contribution in [1.29, 1.82) is 0 Å². The van der Waals surface area contributed by atoms with Crippen molar-refractivity contribution in [3.63, 3.8) is 0 Å². The van der Waals surface area contributed by atoms with E-state index in [1.165, 1.54) is 0 Å². The molecule has 25 heavy (non-hydrogen) atoms. The van der Waals surface area contributed by atoms with E-state index >= 15 is 0 Å². The first kappa shape index (κ1) is 12.6. The molecule has 0 atom stereocenters. The van der Waals surface area contributed by atoms with Gasteiger partial charge in [-0.3, -0.25) is 0 Å². The number of furan rings is 1. The van der Waals surface area contributed by atoms with Crippen LogP contribution < -0.4 is 4.57 Å². The molecule has 0 fully saturated rings. The van der Waals surface area contributed by atoms with Crippen molar-refractivity contribution < 1.29 is 13.1 Å². The van der Waals surface area contributed by atoms with Gasteiger partial charge in [0.15, 0.2) is 11.8 Å². The molecule has 0 amide bonds. The number of aromatic nitrogens is 2. The first-order valence-corrected chi connectivity index (χ1v) is 8.57. The lowest BCUT2D eigenvalue weighted by Crippen LogP contribution is -2.31. The summed E-state index contributed by atoms with van der Waals surface area (Å²) in [4.78, 5) is 4.64. The van der Waals surface area contributed by atoms with Gasteiger partial charge in [0.25, 0.3) is 0 Å². The summed E-state index contributed by atoms with van der Waals surface area (Å²) in [7, 11) is 1.94. The molecule has 0 aliphatic heterocycles. The molecule has 0 radical (unpaired) electrons. The highest BCUT2D eigenvalue weighted by Gasteiger charge is 2.21. The molecule has 0 saturated carbocycles. The highest BCUT2D eigenvalue weighted by atomic mass is 16.3. The fraction of sp³-hybridized carbons (Fsp3) is 0.273. The summed E-state index contributed by atoms with van der Waals surface area (Å²) in [5.41, 5.74) is 6.35. The fourth-order valence-corrected chi connectivity index (χ4v) is 3.40. The van der Waals surface area contributed by atoms with Crippen LogP contribution in [0.25, 0.3) is 33.3 Å². The van der Waals surface area contributed by atoms with Crippen LogP contribution in [0.1, 0.15) is 34.7 Å². The van der Waals surface area contributed by atoms with Gasteiger partial charge in [-0.05, 0) is 43.5 Å². The first-order valence-electron chi connectivity index (χ1n) is 10.1. The Bertz CT molecular complexity index is 1190. The van der Waals surface area contributed by atoms with Crippen molar-refractivity contribution >= 4 is 22.1 Å². The molecule has 3 aromatic heterocycles. The summed E-state index contributed by atoms with van der Waals surface area (Å²) in [6, 6.07) is 12.1. The molecule has 1 aromatic carbocycles. The number of pyridine rings is 2. The molecule has 0 bridgehead atoms. The minimum absolute atomic E-state index is 0.0542. The number of rotatable bonds is 3. The smallest absolute Gasteiger partial charge is 0.227 e. The molecule has 4 aromatic rings. The van der Waals surface area contributed by atoms with Crippen LogP contribution in [0.3, 0.4) is 0 Å². The minimum Gasteiger partial charge on any atom is -0.437 e. The normalized spacial score (nSPS) is 13.8. The van der Waals surface area contributed by atoms with E-state index in [0.717, 1.165) is 50.9 Å². The van der Waals surface area contributed by atoms with Crippen molar-refractivity contribution in [1.82, 2.24) is 4.98 Å². The Balaban J connectivity index is 1.92. The van der Waals surface area contributed by atoms with Crippen LogP contribution in [-0.4, -0.2) is 4.98 Å². The molecule has 3 nitrogen and oxygen atoms in total. The summed E-state index contributed by atoms with van der Waals surface area (Å²) < 4.78 is 30.7. The van der Waals surface area contributed by atoms with Crippen molar-refractivity contribution in [2.75, 3.05) is 0 Å². The number of hydrogen-bond acceptors (Lipinski definition) is 2. The highest BCUT2D eigenvalue weighted by molar-refractivity contribution is 6.08. The van der Waals surface area contributed by atoms with E-state index in [1.807, 2.05) is 36.0 Å². The zero-order valence-electron chi connectivity index (χ0n) is 17.8. The predicted octanol–water partition coefficient (Wildman–Crippen LogP) is 4.91. The SMILES string of the molecule is [2H]C([2H])([2H])Cc1ccc(-c2c(C)ccc3c2oc2nc(CC)ccc23)[n+](C)c1. The number of benzene rings is 1. The van der Waals surface area contributed by atoms with Crippen LogP contribution in [0.5, 0.6) is 0 Å². The van der Waals surface area contributed by atoms with Gasteiger partial charge in [0.05, 0.1) is 5.56 Å². The maximum Gasteiger partial charge on any atom is 0.227 e. The number of nitrogens with zero attached hydrogens (tertiary/aromatic N) is 2. The van der Waals surface area contributed by atoms with Crippen LogP contribution >= 0.6 is 0 Å². The standard InChI is InChI=1S/C22H23N2O/c1-5-15-8-12-19(24(4)13-15)20-14(3)7-10-17-18-11-9-16(6-2)23-22(18)25-21(17)20/h7-13H,5-6H2,1-4H3/q+1/i1D3. The van der Waals surface area contributed by atoms with Crippen molar-refractivity contribution in [2.45, 2.75) is 33.5 Å². The average molecular weight is 334 g/mol. The van der Waals surface area contributed by atoms with Crippen LogP contribution in [0, 0.1) is 6.92 Å². The Morgan fingerprint density at radius 1 is 1.08 bits per heavy atom. The van der Waals surface area contributed by atoms with Gasteiger partial charge >= 0.3 is 0 Å². The van der Waals surface area contributed by atoms with Gasteiger partial charge in [-0.1, -0.05) is 25.9 Å².